The largest absolute Gasteiger partial charge is 0.463 e. The molecule has 1 aliphatic carbocycles. The van der Waals surface area contributed by atoms with E-state index in [0.717, 1.165) is 31.2 Å². The first-order chi connectivity index (χ1) is 11.8. The number of H-pyrrole nitrogens is 1. The molecule has 0 unspecified atom stereocenters. The topological polar surface area (TPSA) is 67.9 Å². The molecule has 2 aromatic rings. The van der Waals surface area contributed by atoms with Crippen LogP contribution in [0, 0.1) is 0 Å². The lowest BCUT2D eigenvalue weighted by atomic mass is 9.82. The molecule has 1 aliphatic rings. The zero-order valence-corrected chi connectivity index (χ0v) is 13.6. The van der Waals surface area contributed by atoms with Crippen LogP contribution in [0.4, 0.5) is 13.2 Å². The minimum atomic E-state index is -4.54. The summed E-state index contributed by atoms with van der Waals surface area (Å²) in [5, 5.41) is 5.54. The summed E-state index contributed by atoms with van der Waals surface area (Å²) in [5.74, 6) is -0.968. The Kier molecular flexibility index (Phi) is 4.78. The average Bonchev–Trinajstić information content (AvgIpc) is 3.05. The van der Waals surface area contributed by atoms with Crippen LogP contribution in [-0.2, 0) is 15.7 Å². The van der Waals surface area contributed by atoms with Gasteiger partial charge in [0.1, 0.15) is 6.10 Å². The summed E-state index contributed by atoms with van der Waals surface area (Å²) < 4.78 is 42.9. The second-order valence-electron chi connectivity index (χ2n) is 6.21. The van der Waals surface area contributed by atoms with Gasteiger partial charge in [0.25, 0.3) is 0 Å². The molecule has 1 N–H and O–H groups in total. The fourth-order valence-electron chi connectivity index (χ4n) is 3.17. The summed E-state index contributed by atoms with van der Waals surface area (Å²) in [5.41, 5.74) is 1.65. The monoisotopic (exact) mass is 353 g/mol. The molecule has 5 nitrogen and oxygen atoms in total. The van der Waals surface area contributed by atoms with Gasteiger partial charge in [0.05, 0.1) is 0 Å². The van der Waals surface area contributed by atoms with Crippen molar-refractivity contribution in [2.45, 2.75) is 50.8 Å². The highest BCUT2D eigenvalue weighted by atomic mass is 19.4. The molecule has 0 amide bonds. The van der Waals surface area contributed by atoms with Crippen molar-refractivity contribution in [1.29, 1.82) is 0 Å². The summed E-state index contributed by atoms with van der Waals surface area (Å²) in [7, 11) is 0. The summed E-state index contributed by atoms with van der Waals surface area (Å²) in [6, 6.07) is 7.26. The molecule has 1 saturated carbocycles. The molecule has 1 aromatic carbocycles. The fraction of sp³-hybridized carbons (Fsp3) is 0.471. The van der Waals surface area contributed by atoms with Crippen LogP contribution >= 0.6 is 0 Å². The summed E-state index contributed by atoms with van der Waals surface area (Å²) in [6.45, 7) is 1.41. The lowest BCUT2D eigenvalue weighted by molar-refractivity contribution is -0.148. The number of alkyl halides is 3. The molecule has 0 spiro atoms. The van der Waals surface area contributed by atoms with Crippen molar-refractivity contribution in [2.24, 2.45) is 0 Å². The van der Waals surface area contributed by atoms with Crippen LogP contribution in [-0.4, -0.2) is 27.3 Å². The number of carbonyl (C=O) groups is 1. The number of nitrogens with one attached hydrogen (secondary N) is 1. The van der Waals surface area contributed by atoms with Crippen LogP contribution in [0.3, 0.4) is 0 Å². The Bertz CT molecular complexity index is 732. The van der Waals surface area contributed by atoms with Gasteiger partial charge in [-0.2, -0.15) is 18.3 Å². The minimum absolute atomic E-state index is 0.0120. The van der Waals surface area contributed by atoms with E-state index in [1.54, 1.807) is 12.1 Å². The van der Waals surface area contributed by atoms with Gasteiger partial charge in [0.15, 0.2) is 5.82 Å². The number of rotatable bonds is 3. The van der Waals surface area contributed by atoms with Crippen molar-refractivity contribution in [3.8, 4) is 11.4 Å². The van der Waals surface area contributed by atoms with E-state index >= 15 is 0 Å². The average molecular weight is 353 g/mol. The molecule has 1 heterocycles. The third-order valence-corrected chi connectivity index (χ3v) is 4.40. The van der Waals surface area contributed by atoms with Gasteiger partial charge in [0.2, 0.25) is 5.82 Å². The standard InChI is InChI=1S/C17H18F3N3O2/c1-10(24)25-14-8-6-12(7-9-14)11-2-4-13(5-3-11)15-21-16(23-22-15)17(18,19)20/h2-5,12,14H,6-9H2,1H3,(H,21,22,23). The van der Waals surface area contributed by atoms with Gasteiger partial charge in [0, 0.05) is 12.5 Å². The normalized spacial score (nSPS) is 21.1. The van der Waals surface area contributed by atoms with Gasteiger partial charge in [-0.1, -0.05) is 24.3 Å². The molecule has 0 radical (unpaired) electrons. The SMILES string of the molecule is CC(=O)OC1CCC(c2ccc(-c3n[nH]c(C(F)(F)F)n3)cc2)CC1. The first-order valence-electron chi connectivity index (χ1n) is 8.10. The zero-order valence-electron chi connectivity index (χ0n) is 13.6. The minimum Gasteiger partial charge on any atom is -0.463 e. The Morgan fingerprint density at radius 2 is 1.80 bits per heavy atom. The van der Waals surface area contributed by atoms with Gasteiger partial charge in [-0.05, 0) is 37.2 Å². The number of halogens is 3. The fourth-order valence-corrected chi connectivity index (χ4v) is 3.17. The predicted molar refractivity (Wildman–Crippen MR) is 83.6 cm³/mol. The predicted octanol–water partition coefficient (Wildman–Crippen LogP) is 4.08. The number of ether oxygens (including phenoxy) is 1. The highest BCUT2D eigenvalue weighted by Gasteiger charge is 2.35. The first kappa shape index (κ1) is 17.4. The number of aromatic nitrogens is 3. The van der Waals surface area contributed by atoms with Gasteiger partial charge < -0.3 is 4.74 Å². The molecule has 134 valence electrons. The van der Waals surface area contributed by atoms with Crippen LogP contribution in [0.15, 0.2) is 24.3 Å². The van der Waals surface area contributed by atoms with Crippen molar-refractivity contribution < 1.29 is 22.7 Å². The second kappa shape index (κ2) is 6.85. The number of carbonyl (C=O) groups excluding carboxylic acids is 1. The van der Waals surface area contributed by atoms with Crippen LogP contribution in [0.25, 0.3) is 11.4 Å². The number of aromatic amines is 1. The molecule has 0 bridgehead atoms. The molecule has 8 heteroatoms. The third-order valence-electron chi connectivity index (χ3n) is 4.40. The number of hydrogen-bond donors (Lipinski definition) is 1. The molecule has 25 heavy (non-hydrogen) atoms. The van der Waals surface area contributed by atoms with Crippen LogP contribution in [0.5, 0.6) is 0 Å². The van der Waals surface area contributed by atoms with Crippen LogP contribution in [0.1, 0.15) is 49.9 Å². The second-order valence-corrected chi connectivity index (χ2v) is 6.21. The molecule has 3 rings (SSSR count). The van der Waals surface area contributed by atoms with Crippen LogP contribution < -0.4 is 0 Å². The van der Waals surface area contributed by atoms with Gasteiger partial charge in [-0.15, -0.1) is 0 Å². The molecule has 0 saturated heterocycles. The van der Waals surface area contributed by atoms with Crippen LogP contribution in [0.2, 0.25) is 0 Å². The van der Waals surface area contributed by atoms with E-state index in [-0.39, 0.29) is 17.9 Å². The lowest BCUT2D eigenvalue weighted by Gasteiger charge is -2.28. The zero-order chi connectivity index (χ0) is 18.0. The maximum atomic E-state index is 12.6. The Labute approximate surface area is 142 Å². The molecule has 0 atom stereocenters. The summed E-state index contributed by atoms with van der Waals surface area (Å²) in [4.78, 5) is 14.5. The van der Waals surface area contributed by atoms with Gasteiger partial charge in [-0.25, -0.2) is 4.98 Å². The smallest absolute Gasteiger partial charge is 0.451 e. The van der Waals surface area contributed by atoms with Crippen molar-refractivity contribution in [2.75, 3.05) is 0 Å². The first-order valence-corrected chi connectivity index (χ1v) is 8.10. The van der Waals surface area contributed by atoms with Gasteiger partial charge >= 0.3 is 12.1 Å². The summed E-state index contributed by atoms with van der Waals surface area (Å²) >= 11 is 0. The lowest BCUT2D eigenvalue weighted by Crippen LogP contribution is -2.22. The van der Waals surface area contributed by atoms with E-state index in [9.17, 15) is 18.0 Å². The highest BCUT2D eigenvalue weighted by Crippen LogP contribution is 2.35. The van der Waals surface area contributed by atoms with Crippen molar-refractivity contribution in [1.82, 2.24) is 15.2 Å². The molecular formula is C17H18F3N3O2. The van der Waals surface area contributed by atoms with E-state index in [4.69, 9.17) is 4.74 Å². The Balaban J connectivity index is 1.65. The highest BCUT2D eigenvalue weighted by molar-refractivity contribution is 5.66. The molecule has 1 fully saturated rings. The Hall–Kier alpha value is -2.38. The molecule has 0 aliphatic heterocycles. The van der Waals surface area contributed by atoms with E-state index in [0.29, 0.717) is 11.5 Å². The summed E-state index contributed by atoms with van der Waals surface area (Å²) in [6.07, 6.45) is -1.08. The van der Waals surface area contributed by atoms with E-state index < -0.39 is 12.0 Å². The van der Waals surface area contributed by atoms with Crippen molar-refractivity contribution in [3.63, 3.8) is 0 Å². The van der Waals surface area contributed by atoms with E-state index in [1.807, 2.05) is 17.2 Å². The Morgan fingerprint density at radius 3 is 2.32 bits per heavy atom. The third kappa shape index (κ3) is 4.18. The maximum Gasteiger partial charge on any atom is 0.451 e. The quantitative estimate of drug-likeness (QED) is 0.845. The number of hydrogen-bond acceptors (Lipinski definition) is 4. The molecule has 1 aromatic heterocycles. The number of esters is 1. The maximum absolute atomic E-state index is 12.6. The molecular weight excluding hydrogens is 335 g/mol. The van der Waals surface area contributed by atoms with Crippen molar-refractivity contribution >= 4 is 5.97 Å². The number of benzene rings is 1. The Morgan fingerprint density at radius 1 is 1.16 bits per heavy atom. The number of nitrogens with zero attached hydrogens (tertiary/aromatic N) is 2. The van der Waals surface area contributed by atoms with E-state index in [1.165, 1.54) is 6.92 Å². The van der Waals surface area contributed by atoms with E-state index in [2.05, 4.69) is 10.1 Å². The van der Waals surface area contributed by atoms with Gasteiger partial charge in [-0.3, -0.25) is 9.89 Å². The van der Waals surface area contributed by atoms with Crippen molar-refractivity contribution in [3.05, 3.63) is 35.7 Å².